The molecule has 0 aromatic heterocycles. The van der Waals surface area contributed by atoms with Crippen molar-refractivity contribution in [1.82, 2.24) is 0 Å². The van der Waals surface area contributed by atoms with Gasteiger partial charge in [0.1, 0.15) is 0 Å². The van der Waals surface area contributed by atoms with Gasteiger partial charge in [0.25, 0.3) is 0 Å². The van der Waals surface area contributed by atoms with Gasteiger partial charge in [-0.15, -0.1) is 11.8 Å². The molecule has 0 aliphatic carbocycles. The summed E-state index contributed by atoms with van der Waals surface area (Å²) >= 11 is 1.72. The Balaban J connectivity index is 2.01. The quantitative estimate of drug-likeness (QED) is 0.618. The van der Waals surface area contributed by atoms with Crippen LogP contribution in [0.25, 0.3) is 0 Å². The van der Waals surface area contributed by atoms with Crippen LogP contribution < -0.4 is 0 Å². The highest BCUT2D eigenvalue weighted by Gasteiger charge is 2.26. The fourth-order valence-electron chi connectivity index (χ4n) is 2.19. The maximum Gasteiger partial charge on any atom is 0.307 e. The van der Waals surface area contributed by atoms with E-state index >= 15 is 0 Å². The summed E-state index contributed by atoms with van der Waals surface area (Å²) in [5, 5.41) is 0. The summed E-state index contributed by atoms with van der Waals surface area (Å²) in [5.74, 6) is -0.191. The molecule has 1 aromatic carbocycles. The molecule has 1 aliphatic rings. The van der Waals surface area contributed by atoms with E-state index < -0.39 is 0 Å². The van der Waals surface area contributed by atoms with Gasteiger partial charge in [-0.25, -0.2) is 0 Å². The van der Waals surface area contributed by atoms with E-state index in [0.29, 0.717) is 6.42 Å². The monoisotopic (exact) mass is 280 g/mol. The minimum absolute atomic E-state index is 0.0375. The Morgan fingerprint density at radius 3 is 3.05 bits per heavy atom. The van der Waals surface area contributed by atoms with Crippen molar-refractivity contribution >= 4 is 17.7 Å². The number of benzene rings is 1. The first-order chi connectivity index (χ1) is 9.22. The van der Waals surface area contributed by atoms with Crippen LogP contribution in [0.15, 0.2) is 29.2 Å². The molecule has 2 rings (SSSR count). The molecule has 1 aromatic rings. The zero-order chi connectivity index (χ0) is 13.7. The first kappa shape index (κ1) is 14.4. The highest BCUT2D eigenvalue weighted by atomic mass is 32.2. The van der Waals surface area contributed by atoms with E-state index in [0.717, 1.165) is 19.3 Å². The van der Waals surface area contributed by atoms with Crippen molar-refractivity contribution in [2.24, 2.45) is 0 Å². The minimum Gasteiger partial charge on any atom is -0.436 e. The van der Waals surface area contributed by atoms with Gasteiger partial charge in [-0.2, -0.15) is 0 Å². The molecular weight excluding hydrogens is 260 g/mol. The van der Waals surface area contributed by atoms with Gasteiger partial charge in [0.15, 0.2) is 0 Å². The van der Waals surface area contributed by atoms with Crippen LogP contribution in [0.4, 0.5) is 0 Å². The zero-order valence-electron chi connectivity index (χ0n) is 11.4. The number of rotatable bonds is 4. The Labute approximate surface area is 118 Å². The highest BCUT2D eigenvalue weighted by Crippen LogP contribution is 2.33. The first-order valence-corrected chi connectivity index (χ1v) is 7.94. The van der Waals surface area contributed by atoms with Crippen LogP contribution in [0.1, 0.15) is 44.3 Å². The van der Waals surface area contributed by atoms with Gasteiger partial charge in [0.2, 0.25) is 6.29 Å². The minimum atomic E-state index is -0.385. The lowest BCUT2D eigenvalue weighted by atomic mass is 10.0. The SMILES string of the molecule is CCC(=O)OC1CCCC(c2cccc(SC)c2)O1. The third-order valence-corrected chi connectivity index (χ3v) is 3.96. The molecule has 1 aliphatic heterocycles. The topological polar surface area (TPSA) is 35.5 Å². The normalized spacial score (nSPS) is 23.1. The van der Waals surface area contributed by atoms with E-state index in [-0.39, 0.29) is 18.4 Å². The summed E-state index contributed by atoms with van der Waals surface area (Å²) in [4.78, 5) is 12.5. The van der Waals surface area contributed by atoms with Gasteiger partial charge in [0.05, 0.1) is 6.10 Å². The van der Waals surface area contributed by atoms with Crippen LogP contribution in [-0.4, -0.2) is 18.5 Å². The number of carbonyl (C=O) groups is 1. The zero-order valence-corrected chi connectivity index (χ0v) is 12.2. The average Bonchev–Trinajstić information content (AvgIpc) is 2.47. The molecule has 0 bridgehead atoms. The van der Waals surface area contributed by atoms with Crippen LogP contribution in [0.3, 0.4) is 0 Å². The lowest BCUT2D eigenvalue weighted by Crippen LogP contribution is -2.27. The van der Waals surface area contributed by atoms with Gasteiger partial charge >= 0.3 is 5.97 Å². The molecule has 1 saturated heterocycles. The maximum absolute atomic E-state index is 11.3. The van der Waals surface area contributed by atoms with Crippen LogP contribution in [0, 0.1) is 0 Å². The second kappa shape index (κ2) is 6.96. The number of hydrogen-bond acceptors (Lipinski definition) is 4. The largest absolute Gasteiger partial charge is 0.436 e. The number of ether oxygens (including phenoxy) is 2. The molecule has 2 unspecified atom stereocenters. The van der Waals surface area contributed by atoms with E-state index in [1.54, 1.807) is 18.7 Å². The van der Waals surface area contributed by atoms with Crippen molar-refractivity contribution in [2.75, 3.05) is 6.26 Å². The third kappa shape index (κ3) is 3.98. The van der Waals surface area contributed by atoms with Gasteiger partial charge in [-0.3, -0.25) is 4.79 Å². The number of hydrogen-bond donors (Lipinski definition) is 0. The Kier molecular flexibility index (Phi) is 5.28. The molecule has 1 heterocycles. The fourth-order valence-corrected chi connectivity index (χ4v) is 2.66. The molecule has 2 atom stereocenters. The Bertz CT molecular complexity index is 433. The van der Waals surface area contributed by atoms with E-state index in [2.05, 4.69) is 24.5 Å². The van der Waals surface area contributed by atoms with Crippen molar-refractivity contribution in [2.45, 2.75) is 49.9 Å². The van der Waals surface area contributed by atoms with Gasteiger partial charge in [-0.05, 0) is 36.8 Å². The summed E-state index contributed by atoms with van der Waals surface area (Å²) in [5.41, 5.74) is 1.17. The first-order valence-electron chi connectivity index (χ1n) is 6.71. The van der Waals surface area contributed by atoms with Crippen molar-refractivity contribution in [3.05, 3.63) is 29.8 Å². The Hall–Kier alpha value is -1.00. The Morgan fingerprint density at radius 1 is 1.47 bits per heavy atom. The van der Waals surface area contributed by atoms with Gasteiger partial charge < -0.3 is 9.47 Å². The molecule has 19 heavy (non-hydrogen) atoms. The van der Waals surface area contributed by atoms with E-state index in [1.165, 1.54) is 10.5 Å². The number of esters is 1. The standard InChI is InChI=1S/C15H20O3S/c1-3-14(16)18-15-9-5-8-13(17-15)11-6-4-7-12(10-11)19-2/h4,6-7,10,13,15H,3,5,8-9H2,1-2H3. The lowest BCUT2D eigenvalue weighted by Gasteiger charge is -2.30. The second-order valence-electron chi connectivity index (χ2n) is 4.61. The van der Waals surface area contributed by atoms with Crippen LogP contribution in [0.5, 0.6) is 0 Å². The molecule has 3 nitrogen and oxygen atoms in total. The third-order valence-electron chi connectivity index (χ3n) is 3.24. The smallest absolute Gasteiger partial charge is 0.307 e. The van der Waals surface area contributed by atoms with E-state index in [1.807, 2.05) is 6.07 Å². The average molecular weight is 280 g/mol. The molecule has 0 amide bonds. The predicted molar refractivity (Wildman–Crippen MR) is 76.1 cm³/mol. The van der Waals surface area contributed by atoms with Gasteiger partial charge in [0, 0.05) is 17.7 Å². The fraction of sp³-hybridized carbons (Fsp3) is 0.533. The molecule has 0 spiro atoms. The molecule has 0 N–H and O–H groups in total. The summed E-state index contributed by atoms with van der Waals surface area (Å²) in [6.07, 6.45) is 4.91. The number of thioether (sulfide) groups is 1. The second-order valence-corrected chi connectivity index (χ2v) is 5.48. The van der Waals surface area contributed by atoms with Crippen molar-refractivity contribution in [1.29, 1.82) is 0 Å². The molecule has 4 heteroatoms. The molecular formula is C15H20O3S. The van der Waals surface area contributed by atoms with E-state index in [4.69, 9.17) is 9.47 Å². The van der Waals surface area contributed by atoms with Crippen LogP contribution in [0.2, 0.25) is 0 Å². The van der Waals surface area contributed by atoms with E-state index in [9.17, 15) is 4.79 Å². The van der Waals surface area contributed by atoms with Crippen molar-refractivity contribution in [3.63, 3.8) is 0 Å². The number of carbonyl (C=O) groups excluding carboxylic acids is 1. The maximum atomic E-state index is 11.3. The van der Waals surface area contributed by atoms with Crippen LogP contribution in [-0.2, 0) is 14.3 Å². The molecule has 104 valence electrons. The lowest BCUT2D eigenvalue weighted by molar-refractivity contribution is -0.203. The summed E-state index contributed by atoms with van der Waals surface area (Å²) < 4.78 is 11.2. The van der Waals surface area contributed by atoms with Crippen LogP contribution >= 0.6 is 11.8 Å². The summed E-state index contributed by atoms with van der Waals surface area (Å²) in [6, 6.07) is 8.37. The molecule has 1 fully saturated rings. The summed E-state index contributed by atoms with van der Waals surface area (Å²) in [6.45, 7) is 1.80. The Morgan fingerprint density at radius 2 is 2.32 bits per heavy atom. The predicted octanol–water partition coefficient (Wildman–Crippen LogP) is 3.93. The molecule has 0 saturated carbocycles. The highest BCUT2D eigenvalue weighted by molar-refractivity contribution is 7.98. The van der Waals surface area contributed by atoms with Crippen molar-refractivity contribution in [3.8, 4) is 0 Å². The molecule has 0 radical (unpaired) electrons. The summed E-state index contributed by atoms with van der Waals surface area (Å²) in [7, 11) is 0. The van der Waals surface area contributed by atoms with Crippen molar-refractivity contribution < 1.29 is 14.3 Å². The van der Waals surface area contributed by atoms with Gasteiger partial charge in [-0.1, -0.05) is 19.1 Å².